The number of aromatic nitrogens is 2. The number of nitrogens with zero attached hydrogens (tertiary/aromatic N) is 3. The van der Waals surface area contributed by atoms with Gasteiger partial charge in [0.15, 0.2) is 0 Å². The summed E-state index contributed by atoms with van der Waals surface area (Å²) >= 11 is 0. The number of anilines is 1. The fraction of sp³-hybridized carbons (Fsp3) is 0.0417. The molecule has 5 nitrogen and oxygen atoms in total. The Morgan fingerprint density at radius 3 is 2.34 bits per heavy atom. The van der Waals surface area contributed by atoms with Gasteiger partial charge in [-0.05, 0) is 41.5 Å². The van der Waals surface area contributed by atoms with Crippen LogP contribution in [0.1, 0.15) is 11.1 Å². The fourth-order valence-electron chi connectivity index (χ4n) is 3.03. The molecule has 140 valence electrons. The molecule has 0 saturated carbocycles. The third-order valence-electron chi connectivity index (χ3n) is 4.50. The number of nitrogens with two attached hydrogens (primary N) is 1. The molecule has 2 heterocycles. The normalized spacial score (nSPS) is 10.3. The molecule has 0 bridgehead atoms. The topological polar surface area (TPSA) is 84.8 Å². The molecule has 5 heteroatoms. The van der Waals surface area contributed by atoms with Crippen molar-refractivity contribution < 1.29 is 4.74 Å². The number of nitrogen functional groups attached to an aromatic ring is 1. The summed E-state index contributed by atoms with van der Waals surface area (Å²) in [5, 5.41) is 9.58. The summed E-state index contributed by atoms with van der Waals surface area (Å²) in [6, 6.07) is 27.2. The van der Waals surface area contributed by atoms with Gasteiger partial charge >= 0.3 is 0 Å². The summed E-state index contributed by atoms with van der Waals surface area (Å²) in [6.07, 6.45) is 1.70. The number of hydrogen-bond donors (Lipinski definition) is 1. The molecule has 0 atom stereocenters. The molecular weight excluding hydrogens is 360 g/mol. The molecule has 0 aliphatic heterocycles. The molecule has 4 rings (SSSR count). The van der Waals surface area contributed by atoms with Crippen molar-refractivity contribution in [1.29, 1.82) is 5.26 Å². The molecule has 0 radical (unpaired) electrons. The van der Waals surface area contributed by atoms with Crippen LogP contribution in [-0.2, 0) is 6.61 Å². The van der Waals surface area contributed by atoms with Gasteiger partial charge in [-0.25, -0.2) is 4.98 Å². The van der Waals surface area contributed by atoms with Crippen molar-refractivity contribution in [2.24, 2.45) is 0 Å². The quantitative estimate of drug-likeness (QED) is 0.537. The minimum absolute atomic E-state index is 0.190. The van der Waals surface area contributed by atoms with Gasteiger partial charge in [0, 0.05) is 11.8 Å². The number of pyridine rings is 2. The standard InChI is InChI=1S/C24H18N4O/c25-15-21-20(14-23(28-24(21)26)22-8-4-5-13-27-22)18-9-11-19(12-10-18)29-16-17-6-2-1-3-7-17/h1-14H,16H2,(H2,26,28). The Bertz CT molecular complexity index is 1150. The van der Waals surface area contributed by atoms with Gasteiger partial charge in [-0.15, -0.1) is 0 Å². The Morgan fingerprint density at radius 1 is 0.897 bits per heavy atom. The van der Waals surface area contributed by atoms with E-state index in [1.807, 2.05) is 78.9 Å². The van der Waals surface area contributed by atoms with E-state index in [0.29, 0.717) is 23.6 Å². The fourth-order valence-corrected chi connectivity index (χ4v) is 3.03. The molecular formula is C24H18N4O. The second-order valence-corrected chi connectivity index (χ2v) is 6.44. The predicted octanol–water partition coefficient (Wildman–Crippen LogP) is 4.84. The summed E-state index contributed by atoms with van der Waals surface area (Å²) in [7, 11) is 0. The lowest BCUT2D eigenvalue weighted by Gasteiger charge is -2.11. The zero-order chi connectivity index (χ0) is 20.1. The third kappa shape index (κ3) is 4.07. The van der Waals surface area contributed by atoms with Crippen LogP contribution in [-0.4, -0.2) is 9.97 Å². The van der Waals surface area contributed by atoms with Crippen molar-refractivity contribution in [3.8, 4) is 34.3 Å². The van der Waals surface area contributed by atoms with Gasteiger partial charge in [0.1, 0.15) is 29.8 Å². The van der Waals surface area contributed by atoms with Crippen molar-refractivity contribution in [2.45, 2.75) is 6.61 Å². The van der Waals surface area contributed by atoms with Crippen molar-refractivity contribution in [2.75, 3.05) is 5.73 Å². The van der Waals surface area contributed by atoms with E-state index in [0.717, 1.165) is 22.4 Å². The lowest BCUT2D eigenvalue weighted by atomic mass is 9.99. The second-order valence-electron chi connectivity index (χ2n) is 6.44. The number of benzene rings is 2. The highest BCUT2D eigenvalue weighted by atomic mass is 16.5. The Morgan fingerprint density at radius 2 is 1.66 bits per heavy atom. The van der Waals surface area contributed by atoms with Crippen LogP contribution in [0.25, 0.3) is 22.5 Å². The van der Waals surface area contributed by atoms with Crippen molar-refractivity contribution >= 4 is 5.82 Å². The molecule has 0 spiro atoms. The first kappa shape index (κ1) is 18.2. The lowest BCUT2D eigenvalue weighted by molar-refractivity contribution is 0.306. The minimum atomic E-state index is 0.190. The van der Waals surface area contributed by atoms with E-state index < -0.39 is 0 Å². The average Bonchev–Trinajstić information content (AvgIpc) is 2.79. The first-order valence-electron chi connectivity index (χ1n) is 9.14. The molecule has 0 aliphatic rings. The van der Waals surface area contributed by atoms with E-state index in [1.165, 1.54) is 0 Å². The van der Waals surface area contributed by atoms with Crippen LogP contribution in [0.4, 0.5) is 5.82 Å². The molecule has 29 heavy (non-hydrogen) atoms. The molecule has 2 aromatic carbocycles. The SMILES string of the molecule is N#Cc1c(-c2ccc(OCc3ccccc3)cc2)cc(-c2ccccn2)nc1N. The van der Waals surface area contributed by atoms with E-state index in [4.69, 9.17) is 10.5 Å². The van der Waals surface area contributed by atoms with Crippen LogP contribution in [0.3, 0.4) is 0 Å². The number of hydrogen-bond acceptors (Lipinski definition) is 5. The van der Waals surface area contributed by atoms with Gasteiger partial charge in [-0.1, -0.05) is 48.5 Å². The zero-order valence-electron chi connectivity index (χ0n) is 15.6. The summed E-state index contributed by atoms with van der Waals surface area (Å²) in [4.78, 5) is 8.68. The van der Waals surface area contributed by atoms with Gasteiger partial charge in [0.25, 0.3) is 0 Å². The highest BCUT2D eigenvalue weighted by Crippen LogP contribution is 2.31. The Kier molecular flexibility index (Phi) is 5.17. The molecule has 2 aromatic heterocycles. The Hall–Kier alpha value is -4.17. The van der Waals surface area contributed by atoms with Crippen molar-refractivity contribution in [3.63, 3.8) is 0 Å². The monoisotopic (exact) mass is 378 g/mol. The van der Waals surface area contributed by atoms with Gasteiger partial charge < -0.3 is 10.5 Å². The van der Waals surface area contributed by atoms with Gasteiger partial charge in [-0.3, -0.25) is 4.98 Å². The Labute approximate surface area is 169 Å². The van der Waals surface area contributed by atoms with Crippen molar-refractivity contribution in [1.82, 2.24) is 9.97 Å². The van der Waals surface area contributed by atoms with Crippen LogP contribution in [0.5, 0.6) is 5.75 Å². The lowest BCUT2D eigenvalue weighted by Crippen LogP contribution is -2.00. The smallest absolute Gasteiger partial charge is 0.142 e. The highest BCUT2D eigenvalue weighted by Gasteiger charge is 2.14. The molecule has 0 saturated heterocycles. The van der Waals surface area contributed by atoms with E-state index in [-0.39, 0.29) is 5.82 Å². The molecule has 2 N–H and O–H groups in total. The van der Waals surface area contributed by atoms with Crippen LogP contribution < -0.4 is 10.5 Å². The summed E-state index contributed by atoms with van der Waals surface area (Å²) in [6.45, 7) is 0.496. The van der Waals surface area contributed by atoms with Gasteiger partial charge in [-0.2, -0.15) is 5.26 Å². The van der Waals surface area contributed by atoms with Crippen LogP contribution in [0, 0.1) is 11.3 Å². The number of nitriles is 1. The maximum atomic E-state index is 9.58. The average molecular weight is 378 g/mol. The van der Waals surface area contributed by atoms with Crippen molar-refractivity contribution in [3.05, 3.63) is 96.2 Å². The predicted molar refractivity (Wildman–Crippen MR) is 113 cm³/mol. The molecule has 0 amide bonds. The van der Waals surface area contributed by atoms with Gasteiger partial charge in [0.2, 0.25) is 0 Å². The molecule has 0 fully saturated rings. The first-order valence-corrected chi connectivity index (χ1v) is 9.14. The Balaban J connectivity index is 1.63. The van der Waals surface area contributed by atoms with Crippen LogP contribution >= 0.6 is 0 Å². The van der Waals surface area contributed by atoms with Gasteiger partial charge in [0.05, 0.1) is 11.4 Å². The molecule has 0 unspecified atom stereocenters. The number of ether oxygens (including phenoxy) is 1. The largest absolute Gasteiger partial charge is 0.489 e. The molecule has 0 aliphatic carbocycles. The van der Waals surface area contributed by atoms with E-state index in [2.05, 4.69) is 16.0 Å². The summed E-state index contributed by atoms with van der Waals surface area (Å²) in [5.41, 5.74) is 10.4. The third-order valence-corrected chi connectivity index (χ3v) is 4.50. The van der Waals surface area contributed by atoms with E-state index >= 15 is 0 Å². The summed E-state index contributed by atoms with van der Waals surface area (Å²) in [5.74, 6) is 0.943. The zero-order valence-corrected chi connectivity index (χ0v) is 15.6. The first-order chi connectivity index (χ1) is 14.2. The maximum Gasteiger partial charge on any atom is 0.142 e. The van der Waals surface area contributed by atoms with Crippen LogP contribution in [0.2, 0.25) is 0 Å². The number of rotatable bonds is 5. The molecule has 4 aromatic rings. The van der Waals surface area contributed by atoms with E-state index in [9.17, 15) is 5.26 Å². The maximum absolute atomic E-state index is 9.58. The summed E-state index contributed by atoms with van der Waals surface area (Å²) < 4.78 is 5.84. The minimum Gasteiger partial charge on any atom is -0.489 e. The van der Waals surface area contributed by atoms with E-state index in [1.54, 1.807) is 6.20 Å². The van der Waals surface area contributed by atoms with Crippen LogP contribution in [0.15, 0.2) is 85.1 Å². The highest BCUT2D eigenvalue weighted by molar-refractivity contribution is 5.79. The second kappa shape index (κ2) is 8.24.